The number of benzene rings is 2. The van der Waals surface area contributed by atoms with Gasteiger partial charge >= 0.3 is 6.18 Å². The number of amides is 1. The molecule has 0 aliphatic carbocycles. The molecular formula is C24H25F4N3O2S. The maximum atomic E-state index is 14.3. The van der Waals surface area contributed by atoms with Crippen LogP contribution in [0.25, 0.3) is 0 Å². The van der Waals surface area contributed by atoms with Gasteiger partial charge in [0, 0.05) is 44.3 Å². The lowest BCUT2D eigenvalue weighted by atomic mass is 10.1. The highest BCUT2D eigenvalue weighted by molar-refractivity contribution is 7.09. The average Bonchev–Trinajstić information content (AvgIpc) is 3.26. The summed E-state index contributed by atoms with van der Waals surface area (Å²) in [5.74, 6) is -0.705. The SMILES string of the molecule is COCCCNC(=O)c1csc(CN(Cc2cccc(C(F)(F)F)c2)Cc2ccccc2F)n1. The van der Waals surface area contributed by atoms with Gasteiger partial charge in [-0.2, -0.15) is 13.2 Å². The van der Waals surface area contributed by atoms with Gasteiger partial charge in [0.2, 0.25) is 0 Å². The molecule has 1 N–H and O–H groups in total. The summed E-state index contributed by atoms with van der Waals surface area (Å²) in [4.78, 5) is 18.5. The van der Waals surface area contributed by atoms with Gasteiger partial charge in [0.1, 0.15) is 16.5 Å². The number of rotatable bonds is 11. The molecule has 0 spiro atoms. The van der Waals surface area contributed by atoms with E-state index in [1.807, 2.05) is 0 Å². The van der Waals surface area contributed by atoms with Gasteiger partial charge in [-0.25, -0.2) is 9.37 Å². The highest BCUT2D eigenvalue weighted by atomic mass is 32.1. The van der Waals surface area contributed by atoms with Gasteiger partial charge in [-0.3, -0.25) is 9.69 Å². The summed E-state index contributed by atoms with van der Waals surface area (Å²) in [7, 11) is 1.58. The molecule has 34 heavy (non-hydrogen) atoms. The molecule has 10 heteroatoms. The van der Waals surface area contributed by atoms with E-state index in [0.29, 0.717) is 35.7 Å². The zero-order chi connectivity index (χ0) is 24.6. The fraction of sp³-hybridized carbons (Fsp3) is 0.333. The smallest absolute Gasteiger partial charge is 0.385 e. The van der Waals surface area contributed by atoms with E-state index in [9.17, 15) is 22.4 Å². The Balaban J connectivity index is 1.75. The highest BCUT2D eigenvalue weighted by Gasteiger charge is 2.30. The van der Waals surface area contributed by atoms with E-state index in [-0.39, 0.29) is 31.2 Å². The molecule has 0 saturated heterocycles. The van der Waals surface area contributed by atoms with Crippen LogP contribution in [0.2, 0.25) is 0 Å². The Morgan fingerprint density at radius 3 is 2.65 bits per heavy atom. The number of thiazole rings is 1. The highest BCUT2D eigenvalue weighted by Crippen LogP contribution is 2.30. The van der Waals surface area contributed by atoms with Crippen molar-refractivity contribution in [1.82, 2.24) is 15.2 Å². The number of methoxy groups -OCH3 is 1. The first-order valence-electron chi connectivity index (χ1n) is 10.6. The number of aromatic nitrogens is 1. The fourth-order valence-electron chi connectivity index (χ4n) is 3.33. The second-order valence-electron chi connectivity index (χ2n) is 7.66. The molecule has 0 unspecified atom stereocenters. The zero-order valence-corrected chi connectivity index (χ0v) is 19.4. The molecule has 0 atom stereocenters. The second-order valence-corrected chi connectivity index (χ2v) is 8.61. The van der Waals surface area contributed by atoms with Crippen LogP contribution in [0.1, 0.15) is 38.6 Å². The molecule has 3 rings (SSSR count). The minimum absolute atomic E-state index is 0.149. The number of ether oxygens (including phenoxy) is 1. The van der Waals surface area contributed by atoms with Crippen molar-refractivity contribution in [1.29, 1.82) is 0 Å². The van der Waals surface area contributed by atoms with Crippen molar-refractivity contribution in [2.24, 2.45) is 0 Å². The number of nitrogens with one attached hydrogen (secondary N) is 1. The summed E-state index contributed by atoms with van der Waals surface area (Å²) in [6.45, 7) is 1.54. The molecule has 1 amide bonds. The van der Waals surface area contributed by atoms with Crippen LogP contribution in [0, 0.1) is 5.82 Å². The maximum Gasteiger partial charge on any atom is 0.416 e. The quantitative estimate of drug-likeness (QED) is 0.291. The predicted octanol–water partition coefficient (Wildman–Crippen LogP) is 5.27. The Hall–Kier alpha value is -2.82. The van der Waals surface area contributed by atoms with Gasteiger partial charge in [-0.1, -0.05) is 36.4 Å². The number of hydrogen-bond donors (Lipinski definition) is 1. The zero-order valence-electron chi connectivity index (χ0n) is 18.6. The van der Waals surface area contributed by atoms with Crippen LogP contribution >= 0.6 is 11.3 Å². The van der Waals surface area contributed by atoms with Crippen LogP contribution in [-0.2, 0) is 30.5 Å². The third-order valence-electron chi connectivity index (χ3n) is 4.97. The van der Waals surface area contributed by atoms with Gasteiger partial charge in [0.25, 0.3) is 5.91 Å². The summed E-state index contributed by atoms with van der Waals surface area (Å²) >= 11 is 1.27. The molecule has 3 aromatic rings. The van der Waals surface area contributed by atoms with Crippen molar-refractivity contribution >= 4 is 17.2 Å². The first-order valence-corrected chi connectivity index (χ1v) is 11.5. The van der Waals surface area contributed by atoms with Crippen LogP contribution in [0.15, 0.2) is 53.9 Å². The molecule has 182 valence electrons. The van der Waals surface area contributed by atoms with Crippen molar-refractivity contribution in [3.63, 3.8) is 0 Å². The van der Waals surface area contributed by atoms with Crippen LogP contribution in [0.3, 0.4) is 0 Å². The van der Waals surface area contributed by atoms with Crippen LogP contribution < -0.4 is 5.32 Å². The molecule has 1 aromatic heterocycles. The Labute approximate surface area is 199 Å². The maximum absolute atomic E-state index is 14.3. The van der Waals surface area contributed by atoms with Gasteiger partial charge in [-0.05, 0) is 24.1 Å². The molecular weight excluding hydrogens is 470 g/mol. The first-order chi connectivity index (χ1) is 16.3. The molecule has 0 bridgehead atoms. The monoisotopic (exact) mass is 495 g/mol. The fourth-order valence-corrected chi connectivity index (χ4v) is 4.14. The average molecular weight is 496 g/mol. The van der Waals surface area contributed by atoms with Crippen LogP contribution in [0.4, 0.5) is 17.6 Å². The molecule has 0 aliphatic rings. The summed E-state index contributed by atoms with van der Waals surface area (Å²) in [5, 5.41) is 5.00. The van der Waals surface area contributed by atoms with E-state index < -0.39 is 17.6 Å². The predicted molar refractivity (Wildman–Crippen MR) is 122 cm³/mol. The van der Waals surface area contributed by atoms with E-state index >= 15 is 0 Å². The van der Waals surface area contributed by atoms with Crippen molar-refractivity contribution in [3.05, 3.63) is 87.1 Å². The van der Waals surface area contributed by atoms with E-state index in [0.717, 1.165) is 12.1 Å². The van der Waals surface area contributed by atoms with E-state index in [1.54, 1.807) is 41.7 Å². The summed E-state index contributed by atoms with van der Waals surface area (Å²) in [6, 6.07) is 11.3. The van der Waals surface area contributed by atoms with Crippen LogP contribution in [-0.4, -0.2) is 36.1 Å². The molecule has 0 radical (unpaired) electrons. The lowest BCUT2D eigenvalue weighted by Crippen LogP contribution is -2.26. The molecule has 0 aliphatic heterocycles. The van der Waals surface area contributed by atoms with E-state index in [2.05, 4.69) is 10.3 Å². The third kappa shape index (κ3) is 7.61. The van der Waals surface area contributed by atoms with Crippen molar-refractivity contribution in [2.45, 2.75) is 32.2 Å². The normalized spacial score (nSPS) is 11.7. The topological polar surface area (TPSA) is 54.5 Å². The van der Waals surface area contributed by atoms with Crippen LogP contribution in [0.5, 0.6) is 0 Å². The number of carbonyl (C=O) groups excluding carboxylic acids is 1. The minimum Gasteiger partial charge on any atom is -0.385 e. The molecule has 5 nitrogen and oxygen atoms in total. The lowest BCUT2D eigenvalue weighted by Gasteiger charge is -2.22. The number of alkyl halides is 3. The largest absolute Gasteiger partial charge is 0.416 e. The summed E-state index contributed by atoms with van der Waals surface area (Å²) in [6.07, 6.45) is -3.78. The Morgan fingerprint density at radius 2 is 1.91 bits per heavy atom. The third-order valence-corrected chi connectivity index (χ3v) is 5.80. The van der Waals surface area contributed by atoms with E-state index in [4.69, 9.17) is 4.74 Å². The molecule has 0 fully saturated rings. The summed E-state index contributed by atoms with van der Waals surface area (Å²) in [5.41, 5.74) is 0.390. The standard InChI is InChI=1S/C24H25F4N3O2S/c1-33-11-5-10-29-23(32)21-16-34-22(30-21)15-31(14-18-7-2-3-9-20(18)25)13-17-6-4-8-19(12-17)24(26,27)28/h2-4,6-9,12,16H,5,10-11,13-15H2,1H3,(H,29,32). The van der Waals surface area contributed by atoms with Crippen molar-refractivity contribution in [3.8, 4) is 0 Å². The van der Waals surface area contributed by atoms with Gasteiger partial charge < -0.3 is 10.1 Å². The number of halogens is 4. The minimum atomic E-state index is -4.45. The number of hydrogen-bond acceptors (Lipinski definition) is 5. The molecule has 0 saturated carbocycles. The van der Waals surface area contributed by atoms with Gasteiger partial charge in [-0.15, -0.1) is 11.3 Å². The molecule has 1 heterocycles. The Bertz CT molecular complexity index is 1090. The summed E-state index contributed by atoms with van der Waals surface area (Å²) < 4.78 is 58.7. The molecule has 2 aromatic carbocycles. The van der Waals surface area contributed by atoms with E-state index in [1.165, 1.54) is 23.5 Å². The van der Waals surface area contributed by atoms with Gasteiger partial charge in [0.05, 0.1) is 12.1 Å². The Kier molecular flexibility index (Phi) is 9.14. The van der Waals surface area contributed by atoms with Crippen molar-refractivity contribution < 1.29 is 27.1 Å². The second kappa shape index (κ2) is 12.0. The number of nitrogens with zero attached hydrogens (tertiary/aromatic N) is 2. The number of carbonyl (C=O) groups is 1. The Morgan fingerprint density at radius 1 is 1.12 bits per heavy atom. The first kappa shape index (κ1) is 25.8. The van der Waals surface area contributed by atoms with Gasteiger partial charge in [0.15, 0.2) is 0 Å². The van der Waals surface area contributed by atoms with Crippen molar-refractivity contribution in [2.75, 3.05) is 20.3 Å². The lowest BCUT2D eigenvalue weighted by molar-refractivity contribution is -0.137.